The molecule has 0 radical (unpaired) electrons. The van der Waals surface area contributed by atoms with Crippen LogP contribution in [0.2, 0.25) is 23.2 Å². The average molecular weight is 562 g/mol. The molecular formula is C30H32ClN3O4Si. The number of carbonyl (C=O) groups is 1. The van der Waals surface area contributed by atoms with Gasteiger partial charge in [0.1, 0.15) is 17.2 Å². The minimum absolute atomic E-state index is 0.00726. The topological polar surface area (TPSA) is 97.5 Å². The zero-order valence-electron chi connectivity index (χ0n) is 22.7. The van der Waals surface area contributed by atoms with Gasteiger partial charge in [-0.2, -0.15) is 0 Å². The quantitative estimate of drug-likeness (QED) is 0.158. The SMILES string of the molecule is CC(C)(C)[Si](C)(C)Oc1cc(-c2cnc(N/C(=C\c3ccco3)C(=O)O)c(Cc3ccccc3)n2)ccc1Cl. The summed E-state index contributed by atoms with van der Waals surface area (Å²) in [5, 5.41) is 13.3. The van der Waals surface area contributed by atoms with Gasteiger partial charge in [0.15, 0.2) is 5.82 Å². The number of carboxylic acids is 1. The molecule has 0 aliphatic carbocycles. The molecule has 4 rings (SSSR count). The van der Waals surface area contributed by atoms with Crippen LogP contribution in [0.25, 0.3) is 17.3 Å². The van der Waals surface area contributed by atoms with Gasteiger partial charge in [-0.3, -0.25) is 0 Å². The molecule has 0 atom stereocenters. The van der Waals surface area contributed by atoms with Crippen molar-refractivity contribution >= 4 is 37.8 Å². The fourth-order valence-electron chi connectivity index (χ4n) is 3.55. The van der Waals surface area contributed by atoms with Gasteiger partial charge in [-0.25, -0.2) is 14.8 Å². The van der Waals surface area contributed by atoms with Gasteiger partial charge < -0.3 is 19.3 Å². The number of aliphatic carboxylic acids is 1. The van der Waals surface area contributed by atoms with E-state index in [-0.39, 0.29) is 10.7 Å². The second-order valence-corrected chi connectivity index (χ2v) is 15.9. The Balaban J connectivity index is 1.74. The molecule has 2 aromatic heterocycles. The molecule has 2 aromatic carbocycles. The third-order valence-electron chi connectivity index (χ3n) is 6.77. The first-order valence-corrected chi connectivity index (χ1v) is 15.9. The van der Waals surface area contributed by atoms with Crippen molar-refractivity contribution in [3.8, 4) is 17.0 Å². The summed E-state index contributed by atoms with van der Waals surface area (Å²) in [6, 6.07) is 18.8. The number of nitrogens with one attached hydrogen (secondary N) is 1. The molecule has 0 saturated heterocycles. The van der Waals surface area contributed by atoms with E-state index in [1.807, 2.05) is 42.5 Å². The number of hydrogen-bond acceptors (Lipinski definition) is 6. The van der Waals surface area contributed by atoms with Gasteiger partial charge >= 0.3 is 5.97 Å². The molecule has 0 spiro atoms. The standard InChI is InChI=1S/C30H32ClN3O4Si/c1-30(2,3)39(4,5)38-27-17-21(13-14-23(27)31)26-19-32-28(24(33-26)16-20-10-7-6-8-11-20)34-25(29(35)36)18-22-12-9-15-37-22/h6-15,17-19H,16H2,1-5H3,(H,32,34)(H,35,36)/b25-18-. The van der Waals surface area contributed by atoms with Crippen molar-refractivity contribution < 1.29 is 18.7 Å². The Hall–Kier alpha value is -3.88. The molecule has 202 valence electrons. The van der Waals surface area contributed by atoms with Crippen molar-refractivity contribution in [2.45, 2.75) is 45.3 Å². The third-order valence-corrected chi connectivity index (χ3v) is 11.4. The van der Waals surface area contributed by atoms with E-state index in [9.17, 15) is 9.90 Å². The Labute approximate surface area is 234 Å². The van der Waals surface area contributed by atoms with Gasteiger partial charge in [0.2, 0.25) is 0 Å². The van der Waals surface area contributed by atoms with Crippen molar-refractivity contribution in [3.63, 3.8) is 0 Å². The van der Waals surface area contributed by atoms with E-state index in [1.54, 1.807) is 24.4 Å². The van der Waals surface area contributed by atoms with Crippen molar-refractivity contribution in [3.05, 3.63) is 101 Å². The van der Waals surface area contributed by atoms with Gasteiger partial charge in [-0.05, 0) is 48.0 Å². The summed E-state index contributed by atoms with van der Waals surface area (Å²) >= 11 is 6.53. The zero-order chi connectivity index (χ0) is 28.2. The molecule has 0 aliphatic rings. The number of furan rings is 1. The van der Waals surface area contributed by atoms with Crippen LogP contribution in [0.15, 0.2) is 83.2 Å². The first-order chi connectivity index (χ1) is 18.4. The molecular weight excluding hydrogens is 530 g/mol. The molecule has 0 fully saturated rings. The first kappa shape index (κ1) is 28.1. The molecule has 0 bridgehead atoms. The number of halogens is 1. The van der Waals surface area contributed by atoms with Gasteiger partial charge in [-0.1, -0.05) is 68.8 Å². The van der Waals surface area contributed by atoms with Gasteiger partial charge in [0, 0.05) is 18.1 Å². The van der Waals surface area contributed by atoms with Crippen molar-refractivity contribution in [1.29, 1.82) is 0 Å². The summed E-state index contributed by atoms with van der Waals surface area (Å²) in [4.78, 5) is 21.5. The smallest absolute Gasteiger partial charge is 0.352 e. The van der Waals surface area contributed by atoms with Crippen LogP contribution in [0, 0.1) is 0 Å². The Morgan fingerprint density at radius 2 is 1.87 bits per heavy atom. The Morgan fingerprint density at radius 1 is 1.13 bits per heavy atom. The summed E-state index contributed by atoms with van der Waals surface area (Å²) in [6.45, 7) is 10.9. The highest BCUT2D eigenvalue weighted by Crippen LogP contribution is 2.40. The highest BCUT2D eigenvalue weighted by Gasteiger charge is 2.39. The lowest BCUT2D eigenvalue weighted by atomic mass is 10.1. The molecule has 0 amide bonds. The number of benzene rings is 2. The zero-order valence-corrected chi connectivity index (χ0v) is 24.4. The Morgan fingerprint density at radius 3 is 2.51 bits per heavy atom. The highest BCUT2D eigenvalue weighted by molar-refractivity contribution is 6.74. The molecule has 0 aliphatic heterocycles. The summed E-state index contributed by atoms with van der Waals surface area (Å²) in [7, 11) is -2.13. The van der Waals surface area contributed by atoms with Gasteiger partial charge in [-0.15, -0.1) is 0 Å². The minimum Gasteiger partial charge on any atom is -0.542 e. The van der Waals surface area contributed by atoms with Crippen molar-refractivity contribution in [1.82, 2.24) is 9.97 Å². The number of hydrogen-bond donors (Lipinski definition) is 2. The molecule has 2 heterocycles. The lowest BCUT2D eigenvalue weighted by Gasteiger charge is -2.36. The Bertz CT molecular complexity index is 1480. The van der Waals surface area contributed by atoms with Crippen LogP contribution in [0.4, 0.5) is 5.82 Å². The maximum atomic E-state index is 12.0. The second-order valence-electron chi connectivity index (χ2n) is 10.7. The van der Waals surface area contributed by atoms with E-state index < -0.39 is 14.3 Å². The van der Waals surface area contributed by atoms with Crippen LogP contribution in [-0.4, -0.2) is 29.4 Å². The van der Waals surface area contributed by atoms with Gasteiger partial charge in [0.25, 0.3) is 8.32 Å². The van der Waals surface area contributed by atoms with Crippen LogP contribution in [0.5, 0.6) is 5.75 Å². The highest BCUT2D eigenvalue weighted by atomic mass is 35.5. The largest absolute Gasteiger partial charge is 0.542 e. The van der Waals surface area contributed by atoms with Gasteiger partial charge in [0.05, 0.1) is 28.9 Å². The molecule has 2 N–H and O–H groups in total. The number of nitrogens with zero attached hydrogens (tertiary/aromatic N) is 2. The predicted octanol–water partition coefficient (Wildman–Crippen LogP) is 7.90. The van der Waals surface area contributed by atoms with E-state index in [0.29, 0.717) is 40.2 Å². The van der Waals surface area contributed by atoms with Crippen LogP contribution in [0.1, 0.15) is 37.8 Å². The number of carboxylic acid groups (broad SMARTS) is 1. The molecule has 4 aromatic rings. The number of aromatic nitrogens is 2. The normalized spacial score (nSPS) is 12.3. The van der Waals surface area contributed by atoms with Crippen LogP contribution in [-0.2, 0) is 11.2 Å². The molecule has 0 unspecified atom stereocenters. The Kier molecular flexibility index (Phi) is 8.27. The van der Waals surface area contributed by atoms with E-state index in [1.165, 1.54) is 12.3 Å². The number of rotatable bonds is 9. The van der Waals surface area contributed by atoms with E-state index in [2.05, 4.69) is 44.2 Å². The second kappa shape index (κ2) is 11.5. The molecule has 39 heavy (non-hydrogen) atoms. The fraction of sp³-hybridized carbons (Fsp3) is 0.233. The fourth-order valence-corrected chi connectivity index (χ4v) is 4.79. The lowest BCUT2D eigenvalue weighted by Crippen LogP contribution is -2.43. The minimum atomic E-state index is -2.13. The van der Waals surface area contributed by atoms with Crippen molar-refractivity contribution in [2.24, 2.45) is 0 Å². The predicted molar refractivity (Wildman–Crippen MR) is 157 cm³/mol. The molecule has 7 nitrogen and oxygen atoms in total. The first-order valence-electron chi connectivity index (χ1n) is 12.6. The summed E-state index contributed by atoms with van der Waals surface area (Å²) in [5.74, 6) is 0.219. The van der Waals surface area contributed by atoms with E-state index >= 15 is 0 Å². The molecule has 0 saturated carbocycles. The van der Waals surface area contributed by atoms with Crippen LogP contribution in [0.3, 0.4) is 0 Å². The van der Waals surface area contributed by atoms with Crippen LogP contribution < -0.4 is 9.74 Å². The third kappa shape index (κ3) is 6.96. The summed E-state index contributed by atoms with van der Waals surface area (Å²) in [6.07, 6.45) is 4.95. The molecule has 9 heteroatoms. The number of anilines is 1. The summed E-state index contributed by atoms with van der Waals surface area (Å²) in [5.41, 5.74) is 2.93. The lowest BCUT2D eigenvalue weighted by molar-refractivity contribution is -0.132. The monoisotopic (exact) mass is 561 g/mol. The van der Waals surface area contributed by atoms with Crippen molar-refractivity contribution in [2.75, 3.05) is 5.32 Å². The summed E-state index contributed by atoms with van der Waals surface area (Å²) < 4.78 is 11.8. The van der Waals surface area contributed by atoms with E-state index in [0.717, 1.165) is 11.1 Å². The van der Waals surface area contributed by atoms with E-state index in [4.69, 9.17) is 25.4 Å². The maximum absolute atomic E-state index is 12.0. The van der Waals surface area contributed by atoms with Crippen LogP contribution >= 0.6 is 11.6 Å². The average Bonchev–Trinajstić information content (AvgIpc) is 3.39. The maximum Gasteiger partial charge on any atom is 0.352 e.